The molecule has 0 spiro atoms. The zero-order valence-corrected chi connectivity index (χ0v) is 21.3. The minimum Gasteiger partial charge on any atom is -0.508 e. The van der Waals surface area contributed by atoms with Crippen LogP contribution in [0, 0.1) is 11.3 Å². The molecule has 3 saturated carbocycles. The van der Waals surface area contributed by atoms with Crippen LogP contribution in [-0.4, -0.2) is 87.7 Å². The number of methoxy groups -OCH3 is 2. The maximum Gasteiger partial charge on any atom is 0.339 e. The lowest BCUT2D eigenvalue weighted by molar-refractivity contribution is -0.239. The standard InChI is InChI=1S/C26H32O11/c1-6-7-8-9-15(27)18-14-12-26(23(33)36-5,24(2,20(18)30)22(32)25(14,3)34)37-17-11-13(21(31)35-4)10-16(28)19(17)29/h6-9,11,14,16-17,19,27-29,34H,10,12H2,1-5H3/b7-6+,9-8+,18-15-/t14-,16-,17+,19-,24-,25+,26-/m0/s1. The number of rotatable bonds is 6. The van der Waals surface area contributed by atoms with Gasteiger partial charge < -0.3 is 34.6 Å². The number of aliphatic hydroxyl groups is 4. The van der Waals surface area contributed by atoms with Gasteiger partial charge >= 0.3 is 11.9 Å². The predicted octanol–water partition coefficient (Wildman–Crippen LogP) is 0.382. The number of aliphatic hydroxyl groups excluding tert-OH is 3. The number of carbonyl (C=O) groups excluding carboxylic acids is 4. The Morgan fingerprint density at radius 1 is 1.11 bits per heavy atom. The van der Waals surface area contributed by atoms with E-state index in [0.29, 0.717) is 0 Å². The fourth-order valence-corrected chi connectivity index (χ4v) is 5.49. The summed E-state index contributed by atoms with van der Waals surface area (Å²) in [6.07, 6.45) is 1.70. The molecule has 0 unspecified atom stereocenters. The van der Waals surface area contributed by atoms with Gasteiger partial charge in [-0.05, 0) is 39.3 Å². The predicted molar refractivity (Wildman–Crippen MR) is 127 cm³/mol. The monoisotopic (exact) mass is 520 g/mol. The Morgan fingerprint density at radius 2 is 1.76 bits per heavy atom. The minimum atomic E-state index is -2.41. The SMILES string of the molecule is C/C=C/C=C/C(O)=C1/C(=O)[C@@]2(C)C(=O)[C@](C)(O)[C@H]1C[C@]2(O[C@@H]1C=C(C(=O)OC)C[C@H](O)[C@@H]1O)C(=O)OC. The van der Waals surface area contributed by atoms with Crippen LogP contribution >= 0.6 is 0 Å². The lowest BCUT2D eigenvalue weighted by Crippen LogP contribution is -2.77. The lowest BCUT2D eigenvalue weighted by Gasteiger charge is -2.59. The average molecular weight is 521 g/mol. The molecule has 202 valence electrons. The van der Waals surface area contributed by atoms with E-state index in [2.05, 4.69) is 4.74 Å². The van der Waals surface area contributed by atoms with Gasteiger partial charge in [-0.3, -0.25) is 9.59 Å². The number of hydrogen-bond donors (Lipinski definition) is 4. The second kappa shape index (κ2) is 9.97. The highest BCUT2D eigenvalue weighted by Crippen LogP contribution is 2.60. The molecule has 4 rings (SSSR count). The number of ether oxygens (including phenoxy) is 3. The summed E-state index contributed by atoms with van der Waals surface area (Å²) in [5, 5.41) is 42.9. The molecule has 0 aromatic heterocycles. The molecule has 7 atom stereocenters. The van der Waals surface area contributed by atoms with Crippen molar-refractivity contribution >= 4 is 23.5 Å². The first-order valence-corrected chi connectivity index (χ1v) is 11.7. The molecule has 11 nitrogen and oxygen atoms in total. The first kappa shape index (κ1) is 28.5. The molecular formula is C26H32O11. The van der Waals surface area contributed by atoms with Crippen LogP contribution in [0.25, 0.3) is 0 Å². The molecule has 0 aromatic rings. The molecule has 37 heavy (non-hydrogen) atoms. The van der Waals surface area contributed by atoms with E-state index in [4.69, 9.17) is 9.47 Å². The van der Waals surface area contributed by atoms with E-state index in [-0.39, 0.29) is 17.6 Å². The van der Waals surface area contributed by atoms with Crippen LogP contribution in [0.15, 0.2) is 47.3 Å². The van der Waals surface area contributed by atoms with Crippen LogP contribution in [0.3, 0.4) is 0 Å². The van der Waals surface area contributed by atoms with Gasteiger partial charge in [-0.25, -0.2) is 9.59 Å². The molecule has 0 saturated heterocycles. The van der Waals surface area contributed by atoms with Crippen molar-refractivity contribution in [3.8, 4) is 0 Å². The number of hydrogen-bond acceptors (Lipinski definition) is 11. The molecule has 4 aliphatic rings. The van der Waals surface area contributed by atoms with Gasteiger partial charge in [0.1, 0.15) is 29.0 Å². The Morgan fingerprint density at radius 3 is 2.32 bits per heavy atom. The summed E-state index contributed by atoms with van der Waals surface area (Å²) >= 11 is 0. The van der Waals surface area contributed by atoms with Crippen LogP contribution in [-0.2, 0) is 33.4 Å². The van der Waals surface area contributed by atoms with Gasteiger partial charge in [0.05, 0.1) is 20.3 Å². The van der Waals surface area contributed by atoms with Crippen molar-refractivity contribution in [2.45, 2.75) is 63.1 Å². The summed E-state index contributed by atoms with van der Waals surface area (Å²) in [7, 11) is 2.14. The van der Waals surface area contributed by atoms with E-state index < -0.39 is 76.5 Å². The first-order chi connectivity index (χ1) is 17.2. The van der Waals surface area contributed by atoms with Crippen molar-refractivity contribution < 1.29 is 53.8 Å². The fourth-order valence-electron chi connectivity index (χ4n) is 5.49. The van der Waals surface area contributed by atoms with E-state index in [1.54, 1.807) is 19.1 Å². The maximum atomic E-state index is 13.8. The first-order valence-electron chi connectivity index (χ1n) is 11.7. The molecule has 3 fully saturated rings. The summed E-state index contributed by atoms with van der Waals surface area (Å²) < 4.78 is 15.6. The quantitative estimate of drug-likeness (QED) is 0.125. The summed E-state index contributed by atoms with van der Waals surface area (Å²) in [4.78, 5) is 52.9. The Bertz CT molecular complexity index is 1130. The van der Waals surface area contributed by atoms with Crippen molar-refractivity contribution in [3.05, 3.63) is 47.3 Å². The third kappa shape index (κ3) is 4.15. The molecule has 11 heteroatoms. The summed E-state index contributed by atoms with van der Waals surface area (Å²) in [5.74, 6) is -5.83. The molecule has 0 amide bonds. The number of allylic oxidation sites excluding steroid dienone is 4. The molecule has 4 N–H and O–H groups in total. The summed E-state index contributed by atoms with van der Waals surface area (Å²) in [6.45, 7) is 4.03. The van der Waals surface area contributed by atoms with Crippen molar-refractivity contribution in [3.63, 3.8) is 0 Å². The zero-order valence-electron chi connectivity index (χ0n) is 21.3. The Kier molecular flexibility index (Phi) is 7.67. The third-order valence-corrected chi connectivity index (χ3v) is 7.60. The van der Waals surface area contributed by atoms with E-state index >= 15 is 0 Å². The van der Waals surface area contributed by atoms with Gasteiger partial charge in [0, 0.05) is 23.5 Å². The van der Waals surface area contributed by atoms with Crippen molar-refractivity contribution in [1.29, 1.82) is 0 Å². The number of esters is 2. The van der Waals surface area contributed by atoms with Crippen LogP contribution in [0.4, 0.5) is 0 Å². The molecule has 0 heterocycles. The minimum absolute atomic E-state index is 0.0477. The maximum absolute atomic E-state index is 13.8. The molecule has 4 aliphatic carbocycles. The zero-order chi connectivity index (χ0) is 27.9. The number of Topliss-reactive ketones (excluding diaryl/α,β-unsaturated/α-hetero) is 2. The largest absolute Gasteiger partial charge is 0.508 e. The summed E-state index contributed by atoms with van der Waals surface area (Å²) in [6, 6.07) is 0. The highest BCUT2D eigenvalue weighted by atomic mass is 16.6. The van der Waals surface area contributed by atoms with E-state index in [1.165, 1.54) is 19.1 Å². The topological polar surface area (TPSA) is 177 Å². The molecule has 0 aromatic carbocycles. The fraction of sp³-hybridized carbons (Fsp3) is 0.538. The van der Waals surface area contributed by atoms with Crippen LogP contribution in [0.2, 0.25) is 0 Å². The second-order valence-corrected chi connectivity index (χ2v) is 9.72. The highest BCUT2D eigenvalue weighted by Gasteiger charge is 2.78. The molecular weight excluding hydrogens is 488 g/mol. The highest BCUT2D eigenvalue weighted by molar-refractivity contribution is 6.24. The molecule has 0 radical (unpaired) electrons. The normalized spacial score (nSPS) is 39.2. The number of carbonyl (C=O) groups is 4. The molecule has 0 aliphatic heterocycles. The summed E-state index contributed by atoms with van der Waals surface area (Å²) in [5.41, 5.74) is -7.25. The van der Waals surface area contributed by atoms with Crippen molar-refractivity contribution in [2.24, 2.45) is 11.3 Å². The van der Waals surface area contributed by atoms with Crippen molar-refractivity contribution in [1.82, 2.24) is 0 Å². The van der Waals surface area contributed by atoms with Gasteiger partial charge in [0.25, 0.3) is 0 Å². The van der Waals surface area contributed by atoms with Crippen LogP contribution < -0.4 is 0 Å². The smallest absolute Gasteiger partial charge is 0.339 e. The lowest BCUT2D eigenvalue weighted by atomic mass is 9.45. The van der Waals surface area contributed by atoms with E-state index in [0.717, 1.165) is 27.2 Å². The average Bonchev–Trinajstić information content (AvgIpc) is 2.86. The van der Waals surface area contributed by atoms with Crippen molar-refractivity contribution in [2.75, 3.05) is 14.2 Å². The Hall–Kier alpha value is -3.12. The number of ketones is 2. The van der Waals surface area contributed by atoms with Gasteiger partial charge in [0.2, 0.25) is 0 Å². The second-order valence-electron chi connectivity index (χ2n) is 9.72. The Balaban J connectivity index is 2.23. The molecule has 2 bridgehead atoms. The van der Waals surface area contributed by atoms with Crippen LogP contribution in [0.1, 0.15) is 33.6 Å². The van der Waals surface area contributed by atoms with Gasteiger partial charge in [-0.15, -0.1) is 0 Å². The van der Waals surface area contributed by atoms with Gasteiger partial charge in [-0.2, -0.15) is 0 Å². The van der Waals surface area contributed by atoms with E-state index in [9.17, 15) is 39.6 Å². The van der Waals surface area contributed by atoms with Crippen LogP contribution in [0.5, 0.6) is 0 Å². The Labute approximate surface area is 213 Å². The van der Waals surface area contributed by atoms with Gasteiger partial charge in [0.15, 0.2) is 17.2 Å². The van der Waals surface area contributed by atoms with Gasteiger partial charge in [-0.1, -0.05) is 18.2 Å². The van der Waals surface area contributed by atoms with E-state index in [1.807, 2.05) is 0 Å². The third-order valence-electron chi connectivity index (χ3n) is 7.60. The number of fused-ring (bicyclic) bond motifs is 3.